The molecule has 0 amide bonds. The Balaban J connectivity index is 1.68. The Bertz CT molecular complexity index is 1460. The van der Waals surface area contributed by atoms with E-state index >= 15 is 0 Å². The number of aryl methyl sites for hydroxylation is 1. The van der Waals surface area contributed by atoms with E-state index < -0.39 is 31.8 Å². The van der Waals surface area contributed by atoms with E-state index in [2.05, 4.69) is 9.46 Å². The summed E-state index contributed by atoms with van der Waals surface area (Å²) >= 11 is 0. The summed E-state index contributed by atoms with van der Waals surface area (Å²) in [6, 6.07) is 14.6. The number of halogens is 1. The number of sulfonamides is 2. The Kier molecular flexibility index (Phi) is 6.32. The van der Waals surface area contributed by atoms with Crippen molar-refractivity contribution in [3.05, 3.63) is 83.7 Å². The third-order valence-corrected chi connectivity index (χ3v) is 8.59. The fourth-order valence-corrected chi connectivity index (χ4v) is 6.34. The lowest BCUT2D eigenvalue weighted by Crippen LogP contribution is -2.35. The van der Waals surface area contributed by atoms with Gasteiger partial charge in [-0.2, -0.15) is 0 Å². The molecule has 8 nitrogen and oxygen atoms in total. The maximum atomic E-state index is 13.3. The van der Waals surface area contributed by atoms with Gasteiger partial charge in [0.15, 0.2) is 0 Å². The molecule has 3 aromatic carbocycles. The van der Waals surface area contributed by atoms with Gasteiger partial charge in [-0.15, -0.1) is 0 Å². The van der Waals surface area contributed by atoms with Gasteiger partial charge in [-0.05, 0) is 73.0 Å². The lowest BCUT2D eigenvalue weighted by atomic mass is 10.0. The van der Waals surface area contributed by atoms with Gasteiger partial charge in [-0.25, -0.2) is 26.0 Å². The standard InChI is InChI=1S/C23H21FN2O6S2/c1-32-23(27)17-4-2-6-21(14-17)33(28,29)25-19-10-7-16-5-3-13-26(22(16)15-19)34(30,31)20-11-8-18(24)9-12-20/h2,4,6-12,14-15,25H,3,5,13H2,1H3. The van der Waals surface area contributed by atoms with Gasteiger partial charge < -0.3 is 4.74 Å². The second-order valence-corrected chi connectivity index (χ2v) is 11.1. The van der Waals surface area contributed by atoms with Crippen molar-refractivity contribution in [2.75, 3.05) is 22.7 Å². The fraction of sp³-hybridized carbons (Fsp3) is 0.174. The maximum absolute atomic E-state index is 13.3. The van der Waals surface area contributed by atoms with Crippen molar-refractivity contribution in [2.45, 2.75) is 22.6 Å². The van der Waals surface area contributed by atoms with E-state index in [0.29, 0.717) is 18.5 Å². The zero-order valence-electron chi connectivity index (χ0n) is 18.1. The van der Waals surface area contributed by atoms with Crippen LogP contribution in [-0.4, -0.2) is 36.5 Å². The summed E-state index contributed by atoms with van der Waals surface area (Å²) in [5.74, 6) is -1.22. The number of carbonyl (C=O) groups is 1. The summed E-state index contributed by atoms with van der Waals surface area (Å²) in [6.45, 7) is 0.198. The first kappa shape index (κ1) is 23.7. The number of fused-ring (bicyclic) bond motifs is 1. The van der Waals surface area contributed by atoms with Gasteiger partial charge in [0, 0.05) is 6.54 Å². The van der Waals surface area contributed by atoms with Gasteiger partial charge >= 0.3 is 5.97 Å². The predicted molar refractivity (Wildman–Crippen MR) is 124 cm³/mol. The van der Waals surface area contributed by atoms with Gasteiger partial charge in [-0.3, -0.25) is 9.03 Å². The molecule has 0 spiro atoms. The number of nitrogens with one attached hydrogen (secondary N) is 1. The van der Waals surface area contributed by atoms with E-state index in [0.717, 1.165) is 17.7 Å². The first-order valence-electron chi connectivity index (χ1n) is 10.2. The Morgan fingerprint density at radius 3 is 2.41 bits per heavy atom. The second-order valence-electron chi connectivity index (χ2n) is 7.60. The minimum Gasteiger partial charge on any atom is -0.465 e. The van der Waals surface area contributed by atoms with E-state index in [-0.39, 0.29) is 27.6 Å². The maximum Gasteiger partial charge on any atom is 0.337 e. The van der Waals surface area contributed by atoms with Crippen LogP contribution in [0.4, 0.5) is 15.8 Å². The number of carbonyl (C=O) groups excluding carboxylic acids is 1. The Morgan fingerprint density at radius 1 is 0.971 bits per heavy atom. The van der Waals surface area contributed by atoms with Gasteiger partial charge in [0.2, 0.25) is 0 Å². The number of esters is 1. The van der Waals surface area contributed by atoms with Crippen LogP contribution < -0.4 is 9.03 Å². The largest absolute Gasteiger partial charge is 0.465 e. The summed E-state index contributed by atoms with van der Waals surface area (Å²) in [6.07, 6.45) is 1.21. The molecule has 1 heterocycles. The topological polar surface area (TPSA) is 110 Å². The van der Waals surface area contributed by atoms with Crippen LogP contribution >= 0.6 is 0 Å². The normalized spacial score (nSPS) is 13.8. The van der Waals surface area contributed by atoms with Crippen LogP contribution in [0.2, 0.25) is 0 Å². The summed E-state index contributed by atoms with van der Waals surface area (Å²) in [7, 11) is -6.87. The summed E-state index contributed by atoms with van der Waals surface area (Å²) < 4.78 is 73.9. The van der Waals surface area contributed by atoms with Crippen LogP contribution in [0.25, 0.3) is 0 Å². The lowest BCUT2D eigenvalue weighted by Gasteiger charge is -2.31. The first-order valence-corrected chi connectivity index (χ1v) is 13.2. The predicted octanol–water partition coefficient (Wildman–Crippen LogP) is 3.55. The first-order chi connectivity index (χ1) is 16.1. The molecule has 0 unspecified atom stereocenters. The molecule has 0 fully saturated rings. The number of benzene rings is 3. The minimum absolute atomic E-state index is 0.0626. The smallest absolute Gasteiger partial charge is 0.337 e. The molecule has 34 heavy (non-hydrogen) atoms. The van der Waals surface area contributed by atoms with Crippen molar-refractivity contribution in [3.63, 3.8) is 0 Å². The molecule has 11 heteroatoms. The minimum atomic E-state index is -4.08. The van der Waals surface area contributed by atoms with E-state index in [4.69, 9.17) is 0 Å². The van der Waals surface area contributed by atoms with Gasteiger partial charge in [0.05, 0.1) is 33.8 Å². The SMILES string of the molecule is COC(=O)c1cccc(S(=O)(=O)Nc2ccc3c(c2)N(S(=O)(=O)c2ccc(F)cc2)CCC3)c1. The van der Waals surface area contributed by atoms with Gasteiger partial charge in [-0.1, -0.05) is 12.1 Å². The molecular formula is C23H21FN2O6S2. The second kappa shape index (κ2) is 9.07. The van der Waals surface area contributed by atoms with Crippen molar-refractivity contribution in [2.24, 2.45) is 0 Å². The van der Waals surface area contributed by atoms with Crippen LogP contribution in [0.5, 0.6) is 0 Å². The highest BCUT2D eigenvalue weighted by atomic mass is 32.2. The highest BCUT2D eigenvalue weighted by Crippen LogP contribution is 2.34. The molecule has 178 valence electrons. The summed E-state index contributed by atoms with van der Waals surface area (Å²) in [5, 5.41) is 0. The summed E-state index contributed by atoms with van der Waals surface area (Å²) in [5.41, 5.74) is 1.32. The molecule has 0 aromatic heterocycles. The summed E-state index contributed by atoms with van der Waals surface area (Å²) in [4.78, 5) is 11.5. The van der Waals surface area contributed by atoms with Crippen molar-refractivity contribution in [1.82, 2.24) is 0 Å². The molecule has 0 bridgehead atoms. The van der Waals surface area contributed by atoms with Crippen molar-refractivity contribution in [1.29, 1.82) is 0 Å². The fourth-order valence-electron chi connectivity index (χ4n) is 3.71. The number of anilines is 2. The molecular weight excluding hydrogens is 483 g/mol. The molecule has 1 aliphatic heterocycles. The Hall–Kier alpha value is -3.44. The molecule has 0 aliphatic carbocycles. The van der Waals surface area contributed by atoms with Crippen LogP contribution in [0.3, 0.4) is 0 Å². The van der Waals surface area contributed by atoms with E-state index in [1.807, 2.05) is 0 Å². The van der Waals surface area contributed by atoms with Gasteiger partial charge in [0.25, 0.3) is 20.0 Å². The van der Waals surface area contributed by atoms with E-state index in [9.17, 15) is 26.0 Å². The third-order valence-electron chi connectivity index (χ3n) is 5.38. The molecule has 0 atom stereocenters. The van der Waals surface area contributed by atoms with Crippen LogP contribution in [0.1, 0.15) is 22.3 Å². The van der Waals surface area contributed by atoms with Crippen molar-refractivity contribution < 1.29 is 30.8 Å². The van der Waals surface area contributed by atoms with E-state index in [1.54, 1.807) is 12.1 Å². The lowest BCUT2D eigenvalue weighted by molar-refractivity contribution is 0.0600. The molecule has 1 aliphatic rings. The number of methoxy groups -OCH3 is 1. The average Bonchev–Trinajstić information content (AvgIpc) is 2.83. The average molecular weight is 505 g/mol. The highest BCUT2D eigenvalue weighted by molar-refractivity contribution is 7.93. The monoisotopic (exact) mass is 504 g/mol. The van der Waals surface area contributed by atoms with Crippen LogP contribution in [0.15, 0.2) is 76.5 Å². The van der Waals surface area contributed by atoms with Crippen molar-refractivity contribution >= 4 is 37.4 Å². The van der Waals surface area contributed by atoms with Crippen LogP contribution in [0, 0.1) is 5.82 Å². The molecule has 4 rings (SSSR count). The molecule has 0 saturated heterocycles. The molecule has 1 N–H and O–H groups in total. The molecule has 0 saturated carbocycles. The number of hydrogen-bond donors (Lipinski definition) is 1. The number of ether oxygens (including phenoxy) is 1. The number of nitrogens with zero attached hydrogens (tertiary/aromatic N) is 1. The Labute approximate surface area is 197 Å². The van der Waals surface area contributed by atoms with Gasteiger partial charge in [0.1, 0.15) is 5.82 Å². The zero-order valence-corrected chi connectivity index (χ0v) is 19.7. The third kappa shape index (κ3) is 4.62. The molecule has 3 aromatic rings. The van der Waals surface area contributed by atoms with Crippen molar-refractivity contribution in [3.8, 4) is 0 Å². The number of hydrogen-bond acceptors (Lipinski definition) is 6. The Morgan fingerprint density at radius 2 is 1.71 bits per heavy atom. The van der Waals surface area contributed by atoms with Crippen LogP contribution in [-0.2, 0) is 31.2 Å². The van der Waals surface area contributed by atoms with E-state index in [1.165, 1.54) is 53.9 Å². The zero-order chi connectivity index (χ0) is 24.5. The molecule has 0 radical (unpaired) electrons. The quantitative estimate of drug-likeness (QED) is 0.514. The highest BCUT2D eigenvalue weighted by Gasteiger charge is 2.30. The number of rotatable bonds is 6.